The van der Waals surface area contributed by atoms with Gasteiger partial charge < -0.3 is 10.3 Å². The van der Waals surface area contributed by atoms with Gasteiger partial charge in [-0.2, -0.15) is 0 Å². The third-order valence-corrected chi connectivity index (χ3v) is 3.63. The van der Waals surface area contributed by atoms with Crippen molar-refractivity contribution < 1.29 is 4.79 Å². The Labute approximate surface area is 138 Å². The predicted molar refractivity (Wildman–Crippen MR) is 89.1 cm³/mol. The second-order valence-electron chi connectivity index (χ2n) is 5.44. The normalized spacial score (nSPS) is 10.6. The first kappa shape index (κ1) is 15.7. The van der Waals surface area contributed by atoms with Gasteiger partial charge in [0.05, 0.1) is 0 Å². The van der Waals surface area contributed by atoms with Gasteiger partial charge >= 0.3 is 0 Å². The third-order valence-electron chi connectivity index (χ3n) is 3.63. The molecule has 0 saturated heterocycles. The Morgan fingerprint density at radius 3 is 2.67 bits per heavy atom. The third kappa shape index (κ3) is 3.24. The Morgan fingerprint density at radius 2 is 2.04 bits per heavy atom. The average molecular weight is 323 g/mol. The largest absolute Gasteiger partial charge is 0.348 e. The van der Waals surface area contributed by atoms with Crippen molar-refractivity contribution in [2.45, 2.75) is 20.4 Å². The van der Waals surface area contributed by atoms with Gasteiger partial charge in [0.15, 0.2) is 0 Å². The second kappa shape index (κ2) is 6.49. The number of carbonyl (C=O) groups excluding carboxylic acids is 1. The van der Waals surface area contributed by atoms with E-state index in [1.165, 1.54) is 6.07 Å². The van der Waals surface area contributed by atoms with Gasteiger partial charge in [-0.25, -0.2) is 9.97 Å². The number of nitrogens with one attached hydrogen (secondary N) is 2. The molecule has 24 heavy (non-hydrogen) atoms. The zero-order valence-corrected chi connectivity index (χ0v) is 13.4. The number of rotatable bonds is 4. The molecule has 0 fully saturated rings. The topological polar surface area (TPSA) is 92.7 Å². The van der Waals surface area contributed by atoms with E-state index in [1.807, 2.05) is 29.8 Å². The predicted octanol–water partition coefficient (Wildman–Crippen LogP) is 1.50. The maximum absolute atomic E-state index is 12.1. The molecule has 2 N–H and O–H groups in total. The van der Waals surface area contributed by atoms with Crippen LogP contribution in [0.25, 0.3) is 5.82 Å². The molecule has 122 valence electrons. The highest BCUT2D eigenvalue weighted by molar-refractivity contribution is 5.93. The van der Waals surface area contributed by atoms with E-state index in [1.54, 1.807) is 25.4 Å². The van der Waals surface area contributed by atoms with Crippen LogP contribution in [0.15, 0.2) is 47.7 Å². The van der Waals surface area contributed by atoms with Crippen molar-refractivity contribution in [2.75, 3.05) is 0 Å². The Morgan fingerprint density at radius 1 is 1.21 bits per heavy atom. The SMILES string of the molecule is Cc1ccc(C(=O)NCc2ccc(-n3ccnc3C)nc2)c(=O)[nH]1. The summed E-state index contributed by atoms with van der Waals surface area (Å²) in [6.07, 6.45) is 5.24. The van der Waals surface area contributed by atoms with Gasteiger partial charge in [-0.05, 0) is 37.6 Å². The van der Waals surface area contributed by atoms with E-state index in [0.29, 0.717) is 12.2 Å². The quantitative estimate of drug-likeness (QED) is 0.761. The van der Waals surface area contributed by atoms with E-state index in [0.717, 1.165) is 17.2 Å². The van der Waals surface area contributed by atoms with Crippen molar-refractivity contribution in [1.29, 1.82) is 0 Å². The van der Waals surface area contributed by atoms with Gasteiger partial charge in [-0.3, -0.25) is 14.2 Å². The molecule has 0 bridgehead atoms. The first-order valence-corrected chi connectivity index (χ1v) is 7.48. The lowest BCUT2D eigenvalue weighted by Crippen LogP contribution is -2.29. The fourth-order valence-electron chi connectivity index (χ4n) is 2.31. The van der Waals surface area contributed by atoms with Gasteiger partial charge in [0.1, 0.15) is 17.2 Å². The Kier molecular flexibility index (Phi) is 4.24. The van der Waals surface area contributed by atoms with Crippen LogP contribution in [0.4, 0.5) is 0 Å². The number of imidazole rings is 1. The number of pyridine rings is 2. The molecule has 0 saturated carbocycles. The van der Waals surface area contributed by atoms with E-state index in [2.05, 4.69) is 20.3 Å². The van der Waals surface area contributed by atoms with Crippen molar-refractivity contribution in [1.82, 2.24) is 24.8 Å². The van der Waals surface area contributed by atoms with Gasteiger partial charge in [0, 0.05) is 30.8 Å². The van der Waals surface area contributed by atoms with Gasteiger partial charge in [0.25, 0.3) is 11.5 Å². The van der Waals surface area contributed by atoms with Crippen LogP contribution in [0.1, 0.15) is 27.4 Å². The summed E-state index contributed by atoms with van der Waals surface area (Å²) in [5.74, 6) is 1.20. The molecule has 0 radical (unpaired) electrons. The summed E-state index contributed by atoms with van der Waals surface area (Å²) >= 11 is 0. The maximum atomic E-state index is 12.1. The van der Waals surface area contributed by atoms with Crippen molar-refractivity contribution in [2.24, 2.45) is 0 Å². The molecule has 0 aliphatic heterocycles. The summed E-state index contributed by atoms with van der Waals surface area (Å²) < 4.78 is 1.87. The smallest absolute Gasteiger partial charge is 0.260 e. The lowest BCUT2D eigenvalue weighted by Gasteiger charge is -2.07. The highest BCUT2D eigenvalue weighted by atomic mass is 16.2. The van der Waals surface area contributed by atoms with E-state index >= 15 is 0 Å². The fourth-order valence-corrected chi connectivity index (χ4v) is 2.31. The second-order valence-corrected chi connectivity index (χ2v) is 5.44. The lowest BCUT2D eigenvalue weighted by atomic mass is 10.2. The number of hydrogen-bond acceptors (Lipinski definition) is 4. The summed E-state index contributed by atoms with van der Waals surface area (Å²) in [7, 11) is 0. The van der Waals surface area contributed by atoms with Crippen molar-refractivity contribution in [3.8, 4) is 5.82 Å². The average Bonchev–Trinajstić information content (AvgIpc) is 2.99. The van der Waals surface area contributed by atoms with Crippen LogP contribution in [0.3, 0.4) is 0 Å². The number of aryl methyl sites for hydroxylation is 2. The summed E-state index contributed by atoms with van der Waals surface area (Å²) in [5, 5.41) is 2.72. The Balaban J connectivity index is 1.67. The summed E-state index contributed by atoms with van der Waals surface area (Å²) in [5.41, 5.74) is 1.26. The Hall–Kier alpha value is -3.22. The first-order valence-electron chi connectivity index (χ1n) is 7.48. The molecule has 1 amide bonds. The molecular weight excluding hydrogens is 306 g/mol. The number of nitrogens with zero attached hydrogens (tertiary/aromatic N) is 3. The maximum Gasteiger partial charge on any atom is 0.260 e. The minimum atomic E-state index is -0.411. The number of hydrogen-bond donors (Lipinski definition) is 2. The standard InChI is InChI=1S/C17H17N5O2/c1-11-3-5-14(17(24)21-11)16(23)20-10-13-4-6-15(19-9-13)22-8-7-18-12(22)2/h3-9H,10H2,1-2H3,(H,20,23)(H,21,24). The van der Waals surface area contributed by atoms with E-state index in [-0.39, 0.29) is 5.56 Å². The number of H-pyrrole nitrogens is 1. The molecule has 0 spiro atoms. The molecule has 3 heterocycles. The Bertz CT molecular complexity index is 925. The number of amides is 1. The number of aromatic amines is 1. The fraction of sp³-hybridized carbons (Fsp3) is 0.176. The van der Waals surface area contributed by atoms with Crippen LogP contribution in [0, 0.1) is 13.8 Å². The van der Waals surface area contributed by atoms with Crippen LogP contribution in [-0.4, -0.2) is 25.4 Å². The van der Waals surface area contributed by atoms with Gasteiger partial charge in [-0.1, -0.05) is 6.07 Å². The summed E-state index contributed by atoms with van der Waals surface area (Å²) in [6.45, 7) is 3.95. The molecule has 0 atom stereocenters. The first-order chi connectivity index (χ1) is 11.5. The molecule has 0 aliphatic carbocycles. The van der Waals surface area contributed by atoms with E-state index in [4.69, 9.17) is 0 Å². The molecule has 7 heteroatoms. The van der Waals surface area contributed by atoms with Gasteiger partial charge in [0.2, 0.25) is 0 Å². The molecule has 3 aromatic rings. The summed E-state index contributed by atoms with van der Waals surface area (Å²) in [4.78, 5) is 35.0. The molecule has 0 aromatic carbocycles. The molecular formula is C17H17N5O2. The highest BCUT2D eigenvalue weighted by Crippen LogP contribution is 2.08. The summed E-state index contributed by atoms with van der Waals surface area (Å²) in [6, 6.07) is 6.95. The number of aromatic nitrogens is 4. The van der Waals surface area contributed by atoms with Crippen LogP contribution < -0.4 is 10.9 Å². The van der Waals surface area contributed by atoms with Crippen LogP contribution in [0.5, 0.6) is 0 Å². The molecule has 3 rings (SSSR count). The minimum Gasteiger partial charge on any atom is -0.348 e. The van der Waals surface area contributed by atoms with Crippen molar-refractivity contribution in [3.63, 3.8) is 0 Å². The van der Waals surface area contributed by atoms with Crippen molar-refractivity contribution in [3.05, 3.63) is 75.9 Å². The minimum absolute atomic E-state index is 0.0965. The monoisotopic (exact) mass is 323 g/mol. The lowest BCUT2D eigenvalue weighted by molar-refractivity contribution is 0.0949. The van der Waals surface area contributed by atoms with E-state index < -0.39 is 11.5 Å². The van der Waals surface area contributed by atoms with Crippen LogP contribution in [0.2, 0.25) is 0 Å². The van der Waals surface area contributed by atoms with Crippen LogP contribution >= 0.6 is 0 Å². The zero-order chi connectivity index (χ0) is 17.1. The molecule has 0 aliphatic rings. The molecule has 7 nitrogen and oxygen atoms in total. The molecule has 0 unspecified atom stereocenters. The number of carbonyl (C=O) groups is 1. The highest BCUT2D eigenvalue weighted by Gasteiger charge is 2.10. The molecule has 3 aromatic heterocycles. The van der Waals surface area contributed by atoms with Crippen LogP contribution in [-0.2, 0) is 6.54 Å². The van der Waals surface area contributed by atoms with Crippen molar-refractivity contribution >= 4 is 5.91 Å². The zero-order valence-electron chi connectivity index (χ0n) is 13.4. The van der Waals surface area contributed by atoms with Gasteiger partial charge in [-0.15, -0.1) is 0 Å². The van der Waals surface area contributed by atoms with E-state index in [9.17, 15) is 9.59 Å².